The molecule has 25 heavy (non-hydrogen) atoms. The quantitative estimate of drug-likeness (QED) is 0.812. The van der Waals surface area contributed by atoms with Crippen molar-refractivity contribution in [3.63, 3.8) is 0 Å². The fraction of sp³-hybridized carbons (Fsp3) is 0.529. The number of rotatable bonds is 5. The summed E-state index contributed by atoms with van der Waals surface area (Å²) in [4.78, 5) is 27.7. The van der Waals surface area contributed by atoms with E-state index < -0.39 is 0 Å². The van der Waals surface area contributed by atoms with Crippen molar-refractivity contribution in [3.8, 4) is 11.5 Å². The predicted molar refractivity (Wildman–Crippen MR) is 91.1 cm³/mol. The van der Waals surface area contributed by atoms with Crippen LogP contribution in [0.2, 0.25) is 0 Å². The highest BCUT2D eigenvalue weighted by Crippen LogP contribution is 2.35. The minimum Gasteiger partial charge on any atom is -0.486 e. The van der Waals surface area contributed by atoms with Crippen molar-refractivity contribution in [1.82, 2.24) is 10.2 Å². The van der Waals surface area contributed by atoms with Crippen molar-refractivity contribution in [3.05, 3.63) is 18.2 Å². The molecule has 0 aromatic heterocycles. The van der Waals surface area contributed by atoms with E-state index in [9.17, 15) is 9.59 Å². The Morgan fingerprint density at radius 3 is 2.84 bits per heavy atom. The van der Waals surface area contributed by atoms with Crippen LogP contribution in [0.3, 0.4) is 0 Å². The van der Waals surface area contributed by atoms with Gasteiger partial charge in [-0.15, -0.1) is 0 Å². The third-order valence-corrected chi connectivity index (χ3v) is 4.33. The number of anilines is 1. The standard InChI is InChI=1S/C17H23N3O5/c1-2-19(5-6-21)17(23)18-12-9-16(22)20(11-12)13-3-4-14-15(10-13)25-8-7-24-14/h3-4,10,12,21H,2,5-9,11H2,1H3,(H,18,23)/t12-/m0/s1. The third-order valence-electron chi connectivity index (χ3n) is 4.33. The van der Waals surface area contributed by atoms with Gasteiger partial charge in [-0.2, -0.15) is 0 Å². The second kappa shape index (κ2) is 7.60. The lowest BCUT2D eigenvalue weighted by atomic mass is 10.2. The number of fused-ring (bicyclic) bond motifs is 1. The fourth-order valence-corrected chi connectivity index (χ4v) is 3.04. The van der Waals surface area contributed by atoms with Crippen LogP contribution < -0.4 is 19.7 Å². The largest absolute Gasteiger partial charge is 0.486 e. The molecule has 2 N–H and O–H groups in total. The first-order chi connectivity index (χ1) is 12.1. The SMILES string of the molecule is CCN(CCO)C(=O)N[C@H]1CC(=O)N(c2ccc3c(c2)OCCO3)C1. The number of amides is 3. The Morgan fingerprint density at radius 2 is 2.12 bits per heavy atom. The van der Waals surface area contributed by atoms with Crippen LogP contribution >= 0.6 is 0 Å². The van der Waals surface area contributed by atoms with Crippen LogP contribution in [0.25, 0.3) is 0 Å². The Balaban J connectivity index is 1.65. The van der Waals surface area contributed by atoms with E-state index in [4.69, 9.17) is 14.6 Å². The molecule has 3 amide bonds. The molecular weight excluding hydrogens is 326 g/mol. The lowest BCUT2D eigenvalue weighted by Gasteiger charge is -2.24. The molecule has 1 saturated heterocycles. The Labute approximate surface area is 146 Å². The zero-order chi connectivity index (χ0) is 17.8. The van der Waals surface area contributed by atoms with Gasteiger partial charge in [0.2, 0.25) is 5.91 Å². The number of nitrogens with zero attached hydrogens (tertiary/aromatic N) is 2. The van der Waals surface area contributed by atoms with E-state index in [1.807, 2.05) is 13.0 Å². The number of hydrogen-bond acceptors (Lipinski definition) is 5. The Bertz CT molecular complexity index is 651. The summed E-state index contributed by atoms with van der Waals surface area (Å²) in [7, 11) is 0. The summed E-state index contributed by atoms with van der Waals surface area (Å²) in [5, 5.41) is 11.9. The Morgan fingerprint density at radius 1 is 1.36 bits per heavy atom. The average molecular weight is 349 g/mol. The maximum absolute atomic E-state index is 12.3. The molecule has 0 aliphatic carbocycles. The third kappa shape index (κ3) is 3.79. The molecule has 3 rings (SSSR count). The monoisotopic (exact) mass is 349 g/mol. The molecule has 0 spiro atoms. The summed E-state index contributed by atoms with van der Waals surface area (Å²) in [5.74, 6) is 1.26. The molecule has 136 valence electrons. The van der Waals surface area contributed by atoms with Gasteiger partial charge in [-0.05, 0) is 19.1 Å². The van der Waals surface area contributed by atoms with Gasteiger partial charge in [0.05, 0.1) is 12.6 Å². The number of benzene rings is 1. The van der Waals surface area contributed by atoms with Gasteiger partial charge in [0, 0.05) is 37.8 Å². The molecule has 8 nitrogen and oxygen atoms in total. The van der Waals surface area contributed by atoms with E-state index in [-0.39, 0.29) is 37.6 Å². The molecular formula is C17H23N3O5. The molecule has 8 heteroatoms. The number of aliphatic hydroxyl groups is 1. The molecule has 1 aromatic rings. The summed E-state index contributed by atoms with van der Waals surface area (Å²) in [6.07, 6.45) is 0.247. The maximum atomic E-state index is 12.3. The topological polar surface area (TPSA) is 91.3 Å². The van der Waals surface area contributed by atoms with E-state index in [1.54, 1.807) is 17.0 Å². The lowest BCUT2D eigenvalue weighted by Crippen LogP contribution is -2.46. The zero-order valence-corrected chi connectivity index (χ0v) is 14.2. The van der Waals surface area contributed by atoms with Crippen molar-refractivity contribution in [2.75, 3.05) is 44.4 Å². The van der Waals surface area contributed by atoms with E-state index in [2.05, 4.69) is 5.32 Å². The number of nitrogens with one attached hydrogen (secondary N) is 1. The minimum atomic E-state index is -0.265. The number of ether oxygens (including phenoxy) is 2. The highest BCUT2D eigenvalue weighted by molar-refractivity contribution is 5.97. The first-order valence-corrected chi connectivity index (χ1v) is 8.48. The van der Waals surface area contributed by atoms with Crippen molar-refractivity contribution in [1.29, 1.82) is 0 Å². The van der Waals surface area contributed by atoms with Crippen molar-refractivity contribution in [2.45, 2.75) is 19.4 Å². The summed E-state index contributed by atoms with van der Waals surface area (Å²) < 4.78 is 11.1. The maximum Gasteiger partial charge on any atom is 0.317 e. The van der Waals surface area contributed by atoms with Crippen molar-refractivity contribution < 1.29 is 24.2 Å². The van der Waals surface area contributed by atoms with Crippen LogP contribution in [0.1, 0.15) is 13.3 Å². The molecule has 2 aliphatic rings. The number of urea groups is 1. The van der Waals surface area contributed by atoms with Gasteiger partial charge in [-0.3, -0.25) is 4.79 Å². The number of likely N-dealkylation sites (N-methyl/N-ethyl adjacent to an activating group) is 1. The number of hydrogen-bond donors (Lipinski definition) is 2. The van der Waals surface area contributed by atoms with Gasteiger partial charge >= 0.3 is 6.03 Å². The van der Waals surface area contributed by atoms with Gasteiger partial charge < -0.3 is 29.7 Å². The summed E-state index contributed by atoms with van der Waals surface area (Å²) >= 11 is 0. The second-order valence-electron chi connectivity index (χ2n) is 5.99. The lowest BCUT2D eigenvalue weighted by molar-refractivity contribution is -0.117. The first-order valence-electron chi connectivity index (χ1n) is 8.48. The van der Waals surface area contributed by atoms with Gasteiger partial charge in [0.25, 0.3) is 0 Å². The van der Waals surface area contributed by atoms with E-state index in [0.717, 1.165) is 5.69 Å². The van der Waals surface area contributed by atoms with Gasteiger partial charge in [0.15, 0.2) is 11.5 Å². The fourth-order valence-electron chi connectivity index (χ4n) is 3.04. The molecule has 1 fully saturated rings. The molecule has 1 atom stereocenters. The molecule has 0 unspecified atom stereocenters. The molecule has 0 saturated carbocycles. The summed E-state index contributed by atoms with van der Waals surface area (Å²) in [6, 6.07) is 4.88. The van der Waals surface area contributed by atoms with Crippen LogP contribution in [-0.2, 0) is 4.79 Å². The summed E-state index contributed by atoms with van der Waals surface area (Å²) in [6.45, 7) is 3.94. The van der Waals surface area contributed by atoms with Crippen molar-refractivity contribution in [2.24, 2.45) is 0 Å². The molecule has 2 aliphatic heterocycles. The van der Waals surface area contributed by atoms with Gasteiger partial charge in [-0.1, -0.05) is 0 Å². The predicted octanol–water partition coefficient (Wildman–Crippen LogP) is 0.587. The van der Waals surface area contributed by atoms with Crippen LogP contribution in [-0.4, -0.2) is 67.4 Å². The van der Waals surface area contributed by atoms with E-state index in [1.165, 1.54) is 4.90 Å². The molecule has 0 bridgehead atoms. The van der Waals surface area contributed by atoms with E-state index >= 15 is 0 Å². The Hall–Kier alpha value is -2.48. The van der Waals surface area contributed by atoms with Crippen molar-refractivity contribution >= 4 is 17.6 Å². The first kappa shape index (κ1) is 17.3. The molecule has 0 radical (unpaired) electrons. The normalized spacial score (nSPS) is 19.0. The van der Waals surface area contributed by atoms with Crippen LogP contribution in [0.5, 0.6) is 11.5 Å². The average Bonchev–Trinajstić information content (AvgIpc) is 2.99. The van der Waals surface area contributed by atoms with Crippen LogP contribution in [0.4, 0.5) is 10.5 Å². The van der Waals surface area contributed by atoms with Crippen LogP contribution in [0.15, 0.2) is 18.2 Å². The van der Waals surface area contributed by atoms with E-state index in [0.29, 0.717) is 37.8 Å². The minimum absolute atomic E-state index is 0.0489. The smallest absolute Gasteiger partial charge is 0.317 e. The number of aliphatic hydroxyl groups excluding tert-OH is 1. The summed E-state index contributed by atoms with van der Waals surface area (Å²) in [5.41, 5.74) is 0.730. The Kier molecular flexibility index (Phi) is 5.28. The van der Waals surface area contributed by atoms with Gasteiger partial charge in [-0.25, -0.2) is 4.79 Å². The molecule has 1 aromatic carbocycles. The highest BCUT2D eigenvalue weighted by Gasteiger charge is 2.33. The second-order valence-corrected chi connectivity index (χ2v) is 5.99. The van der Waals surface area contributed by atoms with Gasteiger partial charge in [0.1, 0.15) is 13.2 Å². The highest BCUT2D eigenvalue weighted by atomic mass is 16.6. The molecule has 2 heterocycles. The number of carbonyl (C=O) groups is 2. The zero-order valence-electron chi connectivity index (χ0n) is 14.2. The van der Waals surface area contributed by atoms with Crippen LogP contribution in [0, 0.1) is 0 Å². The number of carbonyl (C=O) groups excluding carboxylic acids is 2.